The van der Waals surface area contributed by atoms with E-state index in [0.717, 1.165) is 6.07 Å². The van der Waals surface area contributed by atoms with Gasteiger partial charge in [-0.15, -0.1) is 0 Å². The molecule has 7 heteroatoms. The smallest absolute Gasteiger partial charge is 0.419 e. The molecule has 0 aliphatic heterocycles. The van der Waals surface area contributed by atoms with E-state index in [9.17, 15) is 23.1 Å². The Balaban J connectivity index is 2.34. The highest BCUT2D eigenvalue weighted by Gasteiger charge is 2.34. The van der Waals surface area contributed by atoms with E-state index in [1.54, 1.807) is 26.0 Å². The van der Waals surface area contributed by atoms with E-state index in [2.05, 4.69) is 0 Å². The maximum Gasteiger partial charge on any atom is 0.419 e. The predicted octanol–water partition coefficient (Wildman–Crippen LogP) is 4.40. The normalized spacial score (nSPS) is 11.3. The van der Waals surface area contributed by atoms with Crippen molar-refractivity contribution in [2.24, 2.45) is 0 Å². The van der Waals surface area contributed by atoms with Gasteiger partial charge in [0, 0.05) is 12.0 Å². The number of benzene rings is 2. The standard InChI is InChI=1S/C19H19F3O4/c1-3-18(24)26-16-6-4-5-13(10-23)14(16)11-25-17-8-7-12(2)9-15(17)19(20,21)22/h4-9,23H,3,10-11H2,1-2H3. The molecule has 0 spiro atoms. The molecule has 0 saturated heterocycles. The second-order valence-electron chi connectivity index (χ2n) is 5.67. The van der Waals surface area contributed by atoms with Crippen molar-refractivity contribution in [3.8, 4) is 11.5 Å². The number of aliphatic hydroxyl groups excluding tert-OH is 1. The molecule has 4 nitrogen and oxygen atoms in total. The molecule has 2 aromatic carbocycles. The van der Waals surface area contributed by atoms with Crippen LogP contribution in [0.2, 0.25) is 0 Å². The zero-order valence-corrected chi connectivity index (χ0v) is 14.4. The second kappa shape index (κ2) is 8.23. The fourth-order valence-corrected chi connectivity index (χ4v) is 2.35. The van der Waals surface area contributed by atoms with Gasteiger partial charge in [0.2, 0.25) is 0 Å². The second-order valence-corrected chi connectivity index (χ2v) is 5.67. The van der Waals surface area contributed by atoms with Gasteiger partial charge in [-0.1, -0.05) is 30.7 Å². The van der Waals surface area contributed by atoms with Crippen LogP contribution in [0, 0.1) is 6.92 Å². The number of carbonyl (C=O) groups is 1. The monoisotopic (exact) mass is 368 g/mol. The number of esters is 1. The maximum atomic E-state index is 13.2. The highest BCUT2D eigenvalue weighted by atomic mass is 19.4. The van der Waals surface area contributed by atoms with Gasteiger partial charge in [-0.05, 0) is 30.7 Å². The number of alkyl halides is 3. The number of rotatable bonds is 6. The lowest BCUT2D eigenvalue weighted by molar-refractivity contribution is -0.139. The molecular formula is C19H19F3O4. The van der Waals surface area contributed by atoms with Crippen LogP contribution in [0.5, 0.6) is 11.5 Å². The summed E-state index contributed by atoms with van der Waals surface area (Å²) in [4.78, 5) is 11.6. The van der Waals surface area contributed by atoms with Crippen molar-refractivity contribution in [3.63, 3.8) is 0 Å². The Morgan fingerprint density at radius 3 is 2.50 bits per heavy atom. The highest BCUT2D eigenvalue weighted by molar-refractivity contribution is 5.72. The van der Waals surface area contributed by atoms with Crippen LogP contribution in [-0.4, -0.2) is 11.1 Å². The molecule has 0 bridgehead atoms. The average Bonchev–Trinajstić information content (AvgIpc) is 2.60. The Hall–Kier alpha value is -2.54. The number of aryl methyl sites for hydroxylation is 1. The van der Waals surface area contributed by atoms with Crippen LogP contribution in [0.1, 0.15) is 35.6 Å². The Bertz CT molecular complexity index is 785. The SMILES string of the molecule is CCC(=O)Oc1cccc(CO)c1COc1ccc(C)cc1C(F)(F)F. The predicted molar refractivity (Wildman–Crippen MR) is 88.8 cm³/mol. The number of halogens is 3. The zero-order valence-electron chi connectivity index (χ0n) is 14.4. The topological polar surface area (TPSA) is 55.8 Å². The first kappa shape index (κ1) is 19.8. The third-order valence-electron chi connectivity index (χ3n) is 3.73. The Kier molecular flexibility index (Phi) is 6.26. The largest absolute Gasteiger partial charge is 0.488 e. The van der Waals surface area contributed by atoms with Gasteiger partial charge in [-0.3, -0.25) is 4.79 Å². The molecule has 0 aromatic heterocycles. The lowest BCUT2D eigenvalue weighted by Gasteiger charge is -2.17. The molecule has 26 heavy (non-hydrogen) atoms. The number of aliphatic hydroxyl groups is 1. The fraction of sp³-hybridized carbons (Fsp3) is 0.316. The molecule has 0 fully saturated rings. The quantitative estimate of drug-likeness (QED) is 0.607. The van der Waals surface area contributed by atoms with Crippen molar-refractivity contribution in [1.82, 2.24) is 0 Å². The van der Waals surface area contributed by atoms with Gasteiger partial charge in [0.25, 0.3) is 0 Å². The Labute approximate surface area is 149 Å². The summed E-state index contributed by atoms with van der Waals surface area (Å²) >= 11 is 0. The van der Waals surface area contributed by atoms with E-state index in [4.69, 9.17) is 9.47 Å². The summed E-state index contributed by atoms with van der Waals surface area (Å²) in [6, 6.07) is 8.44. The maximum absolute atomic E-state index is 13.2. The van der Waals surface area contributed by atoms with Crippen molar-refractivity contribution >= 4 is 5.97 Å². The Morgan fingerprint density at radius 1 is 1.15 bits per heavy atom. The van der Waals surface area contributed by atoms with Crippen molar-refractivity contribution in [3.05, 3.63) is 58.7 Å². The molecule has 0 unspecified atom stereocenters. The third-order valence-corrected chi connectivity index (χ3v) is 3.73. The molecule has 0 heterocycles. The molecule has 0 saturated carbocycles. The van der Waals surface area contributed by atoms with E-state index < -0.39 is 17.7 Å². The first-order chi connectivity index (χ1) is 12.3. The van der Waals surface area contributed by atoms with Crippen molar-refractivity contribution in [2.75, 3.05) is 0 Å². The Morgan fingerprint density at radius 2 is 1.88 bits per heavy atom. The van der Waals surface area contributed by atoms with Gasteiger partial charge < -0.3 is 14.6 Å². The van der Waals surface area contributed by atoms with Crippen LogP contribution < -0.4 is 9.47 Å². The van der Waals surface area contributed by atoms with Crippen LogP contribution in [0.25, 0.3) is 0 Å². The molecule has 0 amide bonds. The van der Waals surface area contributed by atoms with Crippen molar-refractivity contribution in [2.45, 2.75) is 39.7 Å². The first-order valence-electron chi connectivity index (χ1n) is 7.99. The van der Waals surface area contributed by atoms with Crippen molar-refractivity contribution < 1.29 is 32.5 Å². The van der Waals surface area contributed by atoms with Gasteiger partial charge >= 0.3 is 12.1 Å². The minimum atomic E-state index is -4.56. The third kappa shape index (κ3) is 4.76. The molecule has 2 rings (SSSR count). The minimum absolute atomic E-state index is 0.139. The average molecular weight is 368 g/mol. The lowest BCUT2D eigenvalue weighted by atomic mass is 10.1. The van der Waals surface area contributed by atoms with Crippen LogP contribution >= 0.6 is 0 Å². The molecule has 2 aromatic rings. The first-order valence-corrected chi connectivity index (χ1v) is 7.99. The van der Waals surface area contributed by atoms with E-state index >= 15 is 0 Å². The lowest BCUT2D eigenvalue weighted by Crippen LogP contribution is -2.12. The zero-order chi connectivity index (χ0) is 19.3. The number of hydrogen-bond donors (Lipinski definition) is 1. The van der Waals surface area contributed by atoms with Crippen LogP contribution in [-0.2, 0) is 24.2 Å². The molecule has 0 radical (unpaired) electrons. The van der Waals surface area contributed by atoms with E-state index in [-0.39, 0.29) is 31.1 Å². The van der Waals surface area contributed by atoms with Crippen LogP contribution in [0.3, 0.4) is 0 Å². The van der Waals surface area contributed by atoms with Gasteiger partial charge in [0.15, 0.2) is 0 Å². The van der Waals surface area contributed by atoms with Crippen LogP contribution in [0.15, 0.2) is 36.4 Å². The van der Waals surface area contributed by atoms with Gasteiger partial charge in [0.05, 0.1) is 12.2 Å². The number of carbonyl (C=O) groups excluding carboxylic acids is 1. The molecular weight excluding hydrogens is 349 g/mol. The fourth-order valence-electron chi connectivity index (χ4n) is 2.35. The van der Waals surface area contributed by atoms with Crippen LogP contribution in [0.4, 0.5) is 13.2 Å². The summed E-state index contributed by atoms with van der Waals surface area (Å²) in [5, 5.41) is 9.48. The molecule has 0 aliphatic rings. The summed E-state index contributed by atoms with van der Waals surface area (Å²) in [6.07, 6.45) is -4.42. The summed E-state index contributed by atoms with van der Waals surface area (Å²) in [5.41, 5.74) is 0.307. The van der Waals surface area contributed by atoms with Crippen molar-refractivity contribution in [1.29, 1.82) is 0 Å². The van der Waals surface area contributed by atoms with Gasteiger partial charge in [-0.25, -0.2) is 0 Å². The summed E-state index contributed by atoms with van der Waals surface area (Å²) < 4.78 is 50.2. The van der Waals surface area contributed by atoms with Gasteiger partial charge in [0.1, 0.15) is 18.1 Å². The van der Waals surface area contributed by atoms with Gasteiger partial charge in [-0.2, -0.15) is 13.2 Å². The minimum Gasteiger partial charge on any atom is -0.488 e. The van der Waals surface area contributed by atoms with E-state index in [0.29, 0.717) is 16.7 Å². The summed E-state index contributed by atoms with van der Waals surface area (Å²) in [7, 11) is 0. The summed E-state index contributed by atoms with van der Waals surface area (Å²) in [6.45, 7) is 2.53. The number of hydrogen-bond acceptors (Lipinski definition) is 4. The molecule has 0 atom stereocenters. The highest BCUT2D eigenvalue weighted by Crippen LogP contribution is 2.37. The molecule has 1 N–H and O–H groups in total. The van der Waals surface area contributed by atoms with E-state index in [1.165, 1.54) is 18.2 Å². The van der Waals surface area contributed by atoms with E-state index in [1.807, 2.05) is 0 Å². The summed E-state index contributed by atoms with van der Waals surface area (Å²) in [5.74, 6) is -0.666. The number of ether oxygens (including phenoxy) is 2. The molecule has 0 aliphatic carbocycles. The molecule has 140 valence electrons.